The first kappa shape index (κ1) is 14.8. The molecular weight excluding hydrogens is 278 g/mol. The molecule has 0 aromatic heterocycles. The van der Waals surface area contributed by atoms with Gasteiger partial charge in [-0.1, -0.05) is 6.07 Å². The van der Waals surface area contributed by atoms with E-state index in [9.17, 15) is 21.9 Å². The highest BCUT2D eigenvalue weighted by Crippen LogP contribution is 2.24. The Morgan fingerprint density at radius 1 is 1.17 bits per heavy atom. The number of aromatic hydroxyl groups is 1. The molecule has 0 aliphatic rings. The standard InChI is InChI=1S/C10H15NO5S2/c1-8-9(4-3-5-10(8)12)11-18(15,16)7-6-17(2,13)14/h3-5,11-12H,6-7H2,1-2H3. The molecule has 0 saturated carbocycles. The molecule has 6 nitrogen and oxygen atoms in total. The third-order valence-electron chi connectivity index (χ3n) is 2.29. The fourth-order valence-corrected chi connectivity index (χ4v) is 3.96. The van der Waals surface area contributed by atoms with Gasteiger partial charge >= 0.3 is 0 Å². The lowest BCUT2D eigenvalue weighted by atomic mass is 10.2. The molecule has 0 aliphatic heterocycles. The maximum absolute atomic E-state index is 11.7. The highest BCUT2D eigenvalue weighted by molar-refractivity contribution is 7.95. The lowest BCUT2D eigenvalue weighted by Gasteiger charge is -2.10. The summed E-state index contributed by atoms with van der Waals surface area (Å²) in [7, 11) is -7.08. The molecular formula is C10H15NO5S2. The largest absolute Gasteiger partial charge is 0.508 e. The second kappa shape index (κ2) is 5.15. The minimum absolute atomic E-state index is 0.0293. The highest BCUT2D eigenvalue weighted by Gasteiger charge is 2.16. The summed E-state index contributed by atoms with van der Waals surface area (Å²) in [6.07, 6.45) is 0.974. The summed E-state index contributed by atoms with van der Waals surface area (Å²) in [5, 5.41) is 9.43. The summed E-state index contributed by atoms with van der Waals surface area (Å²) in [5.74, 6) is -0.987. The predicted molar refractivity (Wildman–Crippen MR) is 70.0 cm³/mol. The minimum Gasteiger partial charge on any atom is -0.508 e. The second-order valence-electron chi connectivity index (χ2n) is 4.00. The molecule has 0 fully saturated rings. The molecule has 0 spiro atoms. The Morgan fingerprint density at radius 2 is 1.78 bits per heavy atom. The number of hydrogen-bond donors (Lipinski definition) is 2. The van der Waals surface area contributed by atoms with Gasteiger partial charge in [0.05, 0.1) is 17.2 Å². The normalized spacial score (nSPS) is 12.3. The van der Waals surface area contributed by atoms with Crippen molar-refractivity contribution >= 4 is 25.5 Å². The molecule has 0 amide bonds. The van der Waals surface area contributed by atoms with Crippen molar-refractivity contribution in [2.24, 2.45) is 0 Å². The van der Waals surface area contributed by atoms with Crippen LogP contribution < -0.4 is 4.72 Å². The number of phenolic OH excluding ortho intramolecular Hbond substituents is 1. The van der Waals surface area contributed by atoms with Crippen LogP contribution >= 0.6 is 0 Å². The van der Waals surface area contributed by atoms with Gasteiger partial charge < -0.3 is 5.11 Å². The Labute approximate surface area is 107 Å². The van der Waals surface area contributed by atoms with Crippen molar-refractivity contribution in [2.75, 3.05) is 22.5 Å². The van der Waals surface area contributed by atoms with Gasteiger partial charge in [-0.05, 0) is 19.1 Å². The SMILES string of the molecule is Cc1c(O)cccc1NS(=O)(=O)CCS(C)(=O)=O. The van der Waals surface area contributed by atoms with Crippen LogP contribution in [0.2, 0.25) is 0 Å². The number of nitrogens with one attached hydrogen (secondary N) is 1. The lowest BCUT2D eigenvalue weighted by molar-refractivity contribution is 0.471. The Kier molecular flexibility index (Phi) is 4.23. The number of rotatable bonds is 5. The summed E-state index contributed by atoms with van der Waals surface area (Å²) in [4.78, 5) is 0. The molecule has 0 aliphatic carbocycles. The summed E-state index contributed by atoms with van der Waals surface area (Å²) in [5.41, 5.74) is 0.629. The number of phenols is 1. The maximum Gasteiger partial charge on any atom is 0.233 e. The fourth-order valence-electron chi connectivity index (χ4n) is 1.21. The van der Waals surface area contributed by atoms with E-state index in [1.54, 1.807) is 6.92 Å². The minimum atomic E-state index is -3.75. The van der Waals surface area contributed by atoms with Crippen LogP contribution in [0.3, 0.4) is 0 Å². The van der Waals surface area contributed by atoms with Crippen LogP contribution in [0.25, 0.3) is 0 Å². The summed E-state index contributed by atoms with van der Waals surface area (Å²) in [6.45, 7) is 1.56. The van der Waals surface area contributed by atoms with Gasteiger partial charge in [-0.15, -0.1) is 0 Å². The Morgan fingerprint density at radius 3 is 2.33 bits per heavy atom. The molecule has 0 radical (unpaired) electrons. The van der Waals surface area contributed by atoms with Crippen molar-refractivity contribution in [3.63, 3.8) is 0 Å². The van der Waals surface area contributed by atoms with Gasteiger partial charge in [-0.3, -0.25) is 4.72 Å². The van der Waals surface area contributed by atoms with Crippen molar-refractivity contribution in [2.45, 2.75) is 6.92 Å². The number of sulfone groups is 1. The van der Waals surface area contributed by atoms with Crippen molar-refractivity contribution in [1.82, 2.24) is 0 Å². The quantitative estimate of drug-likeness (QED) is 0.822. The van der Waals surface area contributed by atoms with E-state index >= 15 is 0 Å². The van der Waals surface area contributed by atoms with Crippen LogP contribution in [-0.4, -0.2) is 39.7 Å². The summed E-state index contributed by atoms with van der Waals surface area (Å²) < 4.78 is 47.4. The van der Waals surface area contributed by atoms with E-state index in [2.05, 4.69) is 4.72 Å². The van der Waals surface area contributed by atoms with Gasteiger partial charge in [0, 0.05) is 11.8 Å². The number of anilines is 1. The van der Waals surface area contributed by atoms with Crippen molar-refractivity contribution in [3.8, 4) is 5.75 Å². The molecule has 0 saturated heterocycles. The topological polar surface area (TPSA) is 101 Å². The maximum atomic E-state index is 11.7. The summed E-state index contributed by atoms with van der Waals surface area (Å²) in [6, 6.07) is 4.42. The van der Waals surface area contributed by atoms with E-state index in [0.717, 1.165) is 6.26 Å². The number of hydrogen-bond acceptors (Lipinski definition) is 5. The smallest absolute Gasteiger partial charge is 0.233 e. The third-order valence-corrected chi connectivity index (χ3v) is 4.77. The van der Waals surface area contributed by atoms with Crippen LogP contribution in [0, 0.1) is 6.92 Å². The number of benzene rings is 1. The van der Waals surface area contributed by atoms with Gasteiger partial charge in [0.2, 0.25) is 10.0 Å². The Balaban J connectivity index is 2.87. The molecule has 0 heterocycles. The van der Waals surface area contributed by atoms with E-state index in [1.807, 2.05) is 0 Å². The first-order valence-corrected chi connectivity index (χ1v) is 8.79. The zero-order chi connectivity index (χ0) is 14.0. The van der Waals surface area contributed by atoms with E-state index < -0.39 is 31.4 Å². The highest BCUT2D eigenvalue weighted by atomic mass is 32.2. The average Bonchev–Trinajstić information content (AvgIpc) is 2.21. The molecule has 1 aromatic rings. The van der Waals surface area contributed by atoms with Gasteiger partial charge in [0.25, 0.3) is 0 Å². The Bertz CT molecular complexity index is 634. The first-order valence-electron chi connectivity index (χ1n) is 5.07. The van der Waals surface area contributed by atoms with E-state index in [4.69, 9.17) is 0 Å². The first-order chi connectivity index (χ1) is 8.11. The molecule has 102 valence electrons. The number of sulfonamides is 1. The van der Waals surface area contributed by atoms with E-state index in [1.165, 1.54) is 18.2 Å². The van der Waals surface area contributed by atoms with Gasteiger partial charge in [0.15, 0.2) is 0 Å². The van der Waals surface area contributed by atoms with E-state index in [-0.39, 0.29) is 11.4 Å². The molecule has 0 bridgehead atoms. The van der Waals surface area contributed by atoms with Crippen LogP contribution in [-0.2, 0) is 19.9 Å². The van der Waals surface area contributed by atoms with Crippen molar-refractivity contribution in [3.05, 3.63) is 23.8 Å². The molecule has 0 atom stereocenters. The second-order valence-corrected chi connectivity index (χ2v) is 8.10. The van der Waals surface area contributed by atoms with Crippen molar-refractivity contribution in [1.29, 1.82) is 0 Å². The molecule has 2 N–H and O–H groups in total. The summed E-state index contributed by atoms with van der Waals surface area (Å²) >= 11 is 0. The van der Waals surface area contributed by atoms with Crippen molar-refractivity contribution < 1.29 is 21.9 Å². The van der Waals surface area contributed by atoms with Gasteiger partial charge in [-0.25, -0.2) is 16.8 Å². The molecule has 1 rings (SSSR count). The molecule has 8 heteroatoms. The lowest BCUT2D eigenvalue weighted by Crippen LogP contribution is -2.22. The zero-order valence-electron chi connectivity index (χ0n) is 10.0. The van der Waals surface area contributed by atoms with Gasteiger partial charge in [0.1, 0.15) is 15.6 Å². The van der Waals surface area contributed by atoms with Crippen LogP contribution in [0.1, 0.15) is 5.56 Å². The zero-order valence-corrected chi connectivity index (χ0v) is 11.7. The molecule has 0 unspecified atom stereocenters. The van der Waals surface area contributed by atoms with E-state index in [0.29, 0.717) is 5.56 Å². The molecule has 1 aromatic carbocycles. The molecule has 18 heavy (non-hydrogen) atoms. The Hall–Kier alpha value is -1.28. The third kappa shape index (κ3) is 4.53. The van der Waals surface area contributed by atoms with Crippen LogP contribution in [0.4, 0.5) is 5.69 Å². The fraction of sp³-hybridized carbons (Fsp3) is 0.400. The predicted octanol–water partition coefficient (Wildman–Crippen LogP) is 0.487. The van der Waals surface area contributed by atoms with Crippen LogP contribution in [0.15, 0.2) is 18.2 Å². The monoisotopic (exact) mass is 293 g/mol. The average molecular weight is 293 g/mol. The van der Waals surface area contributed by atoms with Gasteiger partial charge in [-0.2, -0.15) is 0 Å². The van der Waals surface area contributed by atoms with Crippen LogP contribution in [0.5, 0.6) is 5.75 Å².